The molecule has 88 valence electrons. The summed E-state index contributed by atoms with van der Waals surface area (Å²) in [5.41, 5.74) is 5.72. The molecule has 0 radical (unpaired) electrons. The van der Waals surface area contributed by atoms with Crippen molar-refractivity contribution in [2.45, 2.75) is 38.6 Å². The summed E-state index contributed by atoms with van der Waals surface area (Å²) in [6.45, 7) is 2.67. The Morgan fingerprint density at radius 2 is 1.81 bits per heavy atom. The lowest BCUT2D eigenvalue weighted by Crippen LogP contribution is -2.44. The van der Waals surface area contributed by atoms with E-state index in [0.29, 0.717) is 19.5 Å². The lowest BCUT2D eigenvalue weighted by atomic mass is 10.1. The number of nitrogens with two attached hydrogens (primary N) is 1. The zero-order valence-electron chi connectivity index (χ0n) is 9.65. The van der Waals surface area contributed by atoms with Crippen LogP contribution >= 0.6 is 0 Å². The fraction of sp³-hybridized carbons (Fsp3) is 0.727. The average Bonchev–Trinajstić information content (AvgIpc) is 2.29. The molecule has 16 heavy (non-hydrogen) atoms. The Morgan fingerprint density at radius 1 is 1.31 bits per heavy atom. The maximum atomic E-state index is 11.8. The first-order valence-corrected chi connectivity index (χ1v) is 5.45. The molecule has 5 heteroatoms. The first-order chi connectivity index (χ1) is 7.67. The molecule has 0 aromatic rings. The van der Waals surface area contributed by atoms with Crippen LogP contribution in [0.3, 0.4) is 0 Å². The maximum Gasteiger partial charge on any atom is 0.239 e. The summed E-state index contributed by atoms with van der Waals surface area (Å²) < 4.78 is 0. The summed E-state index contributed by atoms with van der Waals surface area (Å²) in [5.74, 6) is -0.160. The van der Waals surface area contributed by atoms with Crippen molar-refractivity contribution in [3.63, 3.8) is 0 Å². The van der Waals surface area contributed by atoms with Gasteiger partial charge in [-0.3, -0.25) is 4.79 Å². The SMILES string of the molecule is CCC[C@@H](N)C(=O)N(CCC#N)CCC#N. The van der Waals surface area contributed by atoms with Crippen LogP contribution in [0.4, 0.5) is 0 Å². The van der Waals surface area contributed by atoms with Gasteiger partial charge in [-0.1, -0.05) is 13.3 Å². The lowest BCUT2D eigenvalue weighted by molar-refractivity contribution is -0.132. The van der Waals surface area contributed by atoms with E-state index in [1.165, 1.54) is 4.90 Å². The molecule has 0 aliphatic rings. The van der Waals surface area contributed by atoms with Gasteiger partial charge < -0.3 is 10.6 Å². The van der Waals surface area contributed by atoms with Gasteiger partial charge in [-0.05, 0) is 6.42 Å². The van der Waals surface area contributed by atoms with E-state index >= 15 is 0 Å². The highest BCUT2D eigenvalue weighted by Crippen LogP contribution is 2.02. The van der Waals surface area contributed by atoms with Gasteiger partial charge in [-0.15, -0.1) is 0 Å². The van der Waals surface area contributed by atoms with Gasteiger partial charge in [-0.25, -0.2) is 0 Å². The van der Waals surface area contributed by atoms with Gasteiger partial charge in [0.25, 0.3) is 0 Å². The number of carbonyl (C=O) groups excluding carboxylic acids is 1. The molecule has 0 bridgehead atoms. The third-order valence-electron chi connectivity index (χ3n) is 2.22. The minimum absolute atomic E-state index is 0.160. The molecule has 0 fully saturated rings. The summed E-state index contributed by atoms with van der Waals surface area (Å²) >= 11 is 0. The van der Waals surface area contributed by atoms with E-state index in [1.807, 2.05) is 19.1 Å². The quantitative estimate of drug-likeness (QED) is 0.688. The topological polar surface area (TPSA) is 93.9 Å². The van der Waals surface area contributed by atoms with Crippen molar-refractivity contribution in [1.82, 2.24) is 4.90 Å². The number of rotatable bonds is 7. The van der Waals surface area contributed by atoms with Gasteiger partial charge in [0.2, 0.25) is 5.91 Å². The van der Waals surface area contributed by atoms with Crippen molar-refractivity contribution in [3.05, 3.63) is 0 Å². The highest BCUT2D eigenvalue weighted by Gasteiger charge is 2.19. The molecule has 0 aromatic heterocycles. The van der Waals surface area contributed by atoms with E-state index in [0.717, 1.165) is 6.42 Å². The van der Waals surface area contributed by atoms with E-state index in [4.69, 9.17) is 16.3 Å². The van der Waals surface area contributed by atoms with E-state index in [9.17, 15) is 4.79 Å². The van der Waals surface area contributed by atoms with Crippen LogP contribution in [0.2, 0.25) is 0 Å². The third-order valence-corrected chi connectivity index (χ3v) is 2.22. The van der Waals surface area contributed by atoms with Gasteiger partial charge in [0.15, 0.2) is 0 Å². The fourth-order valence-electron chi connectivity index (χ4n) is 1.37. The van der Waals surface area contributed by atoms with Crippen molar-refractivity contribution in [3.8, 4) is 12.1 Å². The summed E-state index contributed by atoms with van der Waals surface area (Å²) in [6.07, 6.45) is 2.03. The second kappa shape index (κ2) is 8.70. The van der Waals surface area contributed by atoms with Crippen molar-refractivity contribution >= 4 is 5.91 Å². The van der Waals surface area contributed by atoms with Crippen LogP contribution in [-0.2, 0) is 4.79 Å². The predicted molar refractivity (Wildman–Crippen MR) is 59.9 cm³/mol. The molecule has 1 amide bonds. The van der Waals surface area contributed by atoms with E-state index < -0.39 is 6.04 Å². The Labute approximate surface area is 96.4 Å². The standard InChI is InChI=1S/C11H18N4O/c1-2-5-10(14)11(16)15(8-3-6-12)9-4-7-13/h10H,2-5,8-9,14H2,1H3/t10-/m1/s1. The fourth-order valence-corrected chi connectivity index (χ4v) is 1.37. The average molecular weight is 222 g/mol. The molecule has 0 aliphatic carbocycles. The predicted octanol–water partition coefficient (Wildman–Crippen LogP) is 0.770. The van der Waals surface area contributed by atoms with Gasteiger partial charge in [0, 0.05) is 13.1 Å². The zero-order chi connectivity index (χ0) is 12.4. The number of nitrogens with zero attached hydrogens (tertiary/aromatic N) is 3. The van der Waals surface area contributed by atoms with Crippen LogP contribution in [-0.4, -0.2) is 29.9 Å². The lowest BCUT2D eigenvalue weighted by Gasteiger charge is -2.23. The minimum Gasteiger partial charge on any atom is -0.339 e. The second-order valence-electron chi connectivity index (χ2n) is 3.54. The van der Waals surface area contributed by atoms with E-state index in [2.05, 4.69) is 0 Å². The van der Waals surface area contributed by atoms with Crippen molar-refractivity contribution in [2.75, 3.05) is 13.1 Å². The molecule has 0 saturated carbocycles. The highest BCUT2D eigenvalue weighted by molar-refractivity contribution is 5.81. The van der Waals surface area contributed by atoms with E-state index in [-0.39, 0.29) is 18.7 Å². The summed E-state index contributed by atoms with van der Waals surface area (Å²) in [5, 5.41) is 17.0. The Balaban J connectivity index is 4.31. The number of hydrogen-bond donors (Lipinski definition) is 1. The largest absolute Gasteiger partial charge is 0.339 e. The molecule has 1 atom stereocenters. The molecule has 0 spiro atoms. The number of amides is 1. The highest BCUT2D eigenvalue weighted by atomic mass is 16.2. The Kier molecular flexibility index (Phi) is 7.83. The van der Waals surface area contributed by atoms with Crippen LogP contribution < -0.4 is 5.73 Å². The zero-order valence-corrected chi connectivity index (χ0v) is 9.65. The van der Waals surface area contributed by atoms with Gasteiger partial charge in [-0.2, -0.15) is 10.5 Å². The van der Waals surface area contributed by atoms with E-state index in [1.54, 1.807) is 0 Å². The van der Waals surface area contributed by atoms with Crippen molar-refractivity contribution in [2.24, 2.45) is 5.73 Å². The van der Waals surface area contributed by atoms with Gasteiger partial charge in [0.1, 0.15) is 0 Å². The van der Waals surface area contributed by atoms with Crippen molar-refractivity contribution in [1.29, 1.82) is 10.5 Å². The maximum absolute atomic E-state index is 11.8. The Morgan fingerprint density at radius 3 is 2.19 bits per heavy atom. The normalized spacial score (nSPS) is 11.2. The minimum atomic E-state index is -0.512. The molecular formula is C11H18N4O. The summed E-state index contributed by atoms with van der Waals surface area (Å²) in [6, 6.07) is 3.45. The summed E-state index contributed by atoms with van der Waals surface area (Å²) in [4.78, 5) is 13.3. The molecular weight excluding hydrogens is 204 g/mol. The van der Waals surface area contributed by atoms with Crippen LogP contribution in [0, 0.1) is 22.7 Å². The monoisotopic (exact) mass is 222 g/mol. The molecule has 0 heterocycles. The van der Waals surface area contributed by atoms with Crippen molar-refractivity contribution < 1.29 is 4.79 Å². The first-order valence-electron chi connectivity index (χ1n) is 5.45. The Hall–Kier alpha value is -1.59. The molecule has 0 rings (SSSR count). The molecule has 0 aliphatic heterocycles. The third kappa shape index (κ3) is 5.33. The molecule has 0 unspecified atom stereocenters. The molecule has 0 aromatic carbocycles. The molecule has 5 nitrogen and oxygen atoms in total. The number of hydrogen-bond acceptors (Lipinski definition) is 4. The van der Waals surface area contributed by atoms with Crippen LogP contribution in [0.5, 0.6) is 0 Å². The molecule has 0 saturated heterocycles. The smallest absolute Gasteiger partial charge is 0.239 e. The van der Waals surface area contributed by atoms with Crippen LogP contribution in [0.25, 0.3) is 0 Å². The van der Waals surface area contributed by atoms with Crippen LogP contribution in [0.1, 0.15) is 32.6 Å². The molecule has 2 N–H and O–H groups in total. The second-order valence-corrected chi connectivity index (χ2v) is 3.54. The van der Waals surface area contributed by atoms with Gasteiger partial charge in [0.05, 0.1) is 31.0 Å². The summed E-state index contributed by atoms with van der Waals surface area (Å²) in [7, 11) is 0. The Bertz CT molecular complexity index is 271. The van der Waals surface area contributed by atoms with Gasteiger partial charge >= 0.3 is 0 Å². The van der Waals surface area contributed by atoms with Crippen LogP contribution in [0.15, 0.2) is 0 Å². The number of carbonyl (C=O) groups is 1. The first kappa shape index (κ1) is 14.4. The number of nitriles is 2.